The number of rotatable bonds is 4. The number of benzene rings is 2. The molecule has 0 atom stereocenters. The first-order valence-corrected chi connectivity index (χ1v) is 8.56. The van der Waals surface area contributed by atoms with E-state index in [9.17, 15) is 0 Å². The molecule has 0 bridgehead atoms. The maximum atomic E-state index is 6.04. The highest BCUT2D eigenvalue weighted by Gasteiger charge is 2.14. The minimum atomic E-state index is 0.750. The normalized spacial score (nSPS) is 11.0. The Morgan fingerprint density at radius 3 is 2.28 bits per heavy atom. The summed E-state index contributed by atoms with van der Waals surface area (Å²) >= 11 is 0. The van der Waals surface area contributed by atoms with Gasteiger partial charge in [-0.1, -0.05) is 61.5 Å². The molecule has 0 spiro atoms. The second kappa shape index (κ2) is 6.44. The Morgan fingerprint density at radius 1 is 0.840 bits per heavy atom. The maximum absolute atomic E-state index is 6.04. The third-order valence-electron chi connectivity index (χ3n) is 4.42. The minimum Gasteiger partial charge on any atom is -0.453 e. The third kappa shape index (κ3) is 3.01. The SMILES string of the molecule is CCc1ccc(-c2ccc(-c3nc(-c4ccccc4)c(C)[nH]3)o2)cc1. The van der Waals surface area contributed by atoms with Gasteiger partial charge in [-0.05, 0) is 31.0 Å². The Hall–Kier alpha value is -3.07. The van der Waals surface area contributed by atoms with Crippen molar-refractivity contribution in [2.24, 2.45) is 0 Å². The Morgan fingerprint density at radius 2 is 1.56 bits per heavy atom. The van der Waals surface area contributed by atoms with Crippen molar-refractivity contribution in [1.82, 2.24) is 9.97 Å². The van der Waals surface area contributed by atoms with E-state index in [0.717, 1.165) is 46.3 Å². The zero-order valence-electron chi connectivity index (χ0n) is 14.4. The highest BCUT2D eigenvalue weighted by atomic mass is 16.3. The Bertz CT molecular complexity index is 979. The van der Waals surface area contributed by atoms with Crippen molar-refractivity contribution in [1.29, 1.82) is 0 Å². The van der Waals surface area contributed by atoms with Crippen LogP contribution in [0.1, 0.15) is 18.2 Å². The van der Waals surface area contributed by atoms with Crippen LogP contribution in [0.15, 0.2) is 71.1 Å². The summed E-state index contributed by atoms with van der Waals surface area (Å²) in [4.78, 5) is 8.07. The first-order valence-electron chi connectivity index (χ1n) is 8.56. The molecule has 2 heterocycles. The van der Waals surface area contributed by atoms with Gasteiger partial charge < -0.3 is 9.40 Å². The van der Waals surface area contributed by atoms with Gasteiger partial charge in [-0.3, -0.25) is 0 Å². The van der Waals surface area contributed by atoms with E-state index < -0.39 is 0 Å². The third-order valence-corrected chi connectivity index (χ3v) is 4.42. The first kappa shape index (κ1) is 15.5. The standard InChI is InChI=1S/C22H20N2O/c1-3-16-9-11-17(12-10-16)19-13-14-20(25-19)22-23-15(2)21(24-22)18-7-5-4-6-8-18/h4-14H,3H2,1-2H3,(H,23,24). The van der Waals surface area contributed by atoms with E-state index in [4.69, 9.17) is 9.40 Å². The summed E-state index contributed by atoms with van der Waals surface area (Å²) in [5, 5.41) is 0. The molecule has 124 valence electrons. The molecule has 0 saturated carbocycles. The molecular formula is C22H20N2O. The Balaban J connectivity index is 1.66. The van der Waals surface area contributed by atoms with Gasteiger partial charge in [0.15, 0.2) is 11.6 Å². The fourth-order valence-electron chi connectivity index (χ4n) is 2.98. The van der Waals surface area contributed by atoms with Crippen molar-refractivity contribution in [3.05, 3.63) is 78.0 Å². The second-order valence-corrected chi connectivity index (χ2v) is 6.14. The molecule has 4 aromatic rings. The van der Waals surface area contributed by atoms with Gasteiger partial charge in [-0.25, -0.2) is 4.98 Å². The smallest absolute Gasteiger partial charge is 0.174 e. The van der Waals surface area contributed by atoms with Crippen LogP contribution in [0.2, 0.25) is 0 Å². The molecule has 3 nitrogen and oxygen atoms in total. The fraction of sp³-hybridized carbons (Fsp3) is 0.136. The van der Waals surface area contributed by atoms with Crippen LogP contribution in [-0.2, 0) is 6.42 Å². The van der Waals surface area contributed by atoms with E-state index in [0.29, 0.717) is 0 Å². The van der Waals surface area contributed by atoms with Gasteiger partial charge in [0.2, 0.25) is 0 Å². The van der Waals surface area contributed by atoms with E-state index in [1.54, 1.807) is 0 Å². The number of H-pyrrole nitrogens is 1. The van der Waals surface area contributed by atoms with Crippen LogP contribution in [0.3, 0.4) is 0 Å². The lowest BCUT2D eigenvalue weighted by Crippen LogP contribution is -1.80. The van der Waals surface area contributed by atoms with Crippen LogP contribution in [0.5, 0.6) is 0 Å². The summed E-state index contributed by atoms with van der Waals surface area (Å²) in [6, 6.07) is 22.6. The molecule has 0 amide bonds. The summed E-state index contributed by atoms with van der Waals surface area (Å²) in [5.41, 5.74) is 5.50. The molecule has 0 unspecified atom stereocenters. The molecular weight excluding hydrogens is 308 g/mol. The highest BCUT2D eigenvalue weighted by Crippen LogP contribution is 2.30. The zero-order valence-corrected chi connectivity index (χ0v) is 14.4. The van der Waals surface area contributed by atoms with Crippen LogP contribution in [0.25, 0.3) is 34.2 Å². The van der Waals surface area contributed by atoms with Crippen LogP contribution in [0, 0.1) is 6.92 Å². The number of hydrogen-bond acceptors (Lipinski definition) is 2. The van der Waals surface area contributed by atoms with Gasteiger partial charge in [0.25, 0.3) is 0 Å². The van der Waals surface area contributed by atoms with Crippen LogP contribution in [0.4, 0.5) is 0 Å². The fourth-order valence-corrected chi connectivity index (χ4v) is 2.98. The Kier molecular flexibility index (Phi) is 3.98. The summed E-state index contributed by atoms with van der Waals surface area (Å²) in [7, 11) is 0. The molecule has 0 radical (unpaired) electrons. The molecule has 0 fully saturated rings. The summed E-state index contributed by atoms with van der Waals surface area (Å²) in [6.07, 6.45) is 1.04. The lowest BCUT2D eigenvalue weighted by atomic mass is 10.1. The van der Waals surface area contributed by atoms with Crippen molar-refractivity contribution >= 4 is 0 Å². The molecule has 0 saturated heterocycles. The topological polar surface area (TPSA) is 41.8 Å². The van der Waals surface area contributed by atoms with Crippen LogP contribution < -0.4 is 0 Å². The first-order chi connectivity index (χ1) is 12.2. The van der Waals surface area contributed by atoms with E-state index in [2.05, 4.69) is 48.3 Å². The molecule has 3 heteroatoms. The van der Waals surface area contributed by atoms with Gasteiger partial charge in [0.05, 0.1) is 5.69 Å². The number of nitrogens with zero attached hydrogens (tertiary/aromatic N) is 1. The lowest BCUT2D eigenvalue weighted by molar-refractivity contribution is 0.593. The minimum absolute atomic E-state index is 0.750. The van der Waals surface area contributed by atoms with Crippen molar-refractivity contribution in [2.75, 3.05) is 0 Å². The number of nitrogens with one attached hydrogen (secondary N) is 1. The summed E-state index contributed by atoms with van der Waals surface area (Å²) in [5.74, 6) is 2.36. The van der Waals surface area contributed by atoms with Gasteiger partial charge in [-0.2, -0.15) is 0 Å². The van der Waals surface area contributed by atoms with Crippen LogP contribution in [-0.4, -0.2) is 9.97 Å². The average molecular weight is 328 g/mol. The number of aromatic nitrogens is 2. The Labute approximate surface area is 147 Å². The number of hydrogen-bond donors (Lipinski definition) is 1. The van der Waals surface area contributed by atoms with Gasteiger partial charge >= 0.3 is 0 Å². The molecule has 25 heavy (non-hydrogen) atoms. The van der Waals surface area contributed by atoms with E-state index >= 15 is 0 Å². The molecule has 2 aromatic heterocycles. The van der Waals surface area contributed by atoms with Crippen LogP contribution >= 0.6 is 0 Å². The van der Waals surface area contributed by atoms with Crippen molar-refractivity contribution in [3.63, 3.8) is 0 Å². The molecule has 1 N–H and O–H groups in total. The van der Waals surface area contributed by atoms with E-state index in [1.165, 1.54) is 5.56 Å². The van der Waals surface area contributed by atoms with Crippen molar-refractivity contribution < 1.29 is 4.42 Å². The molecule has 0 aliphatic carbocycles. The average Bonchev–Trinajstić information content (AvgIpc) is 3.29. The number of aromatic amines is 1. The predicted octanol–water partition coefficient (Wildman–Crippen LogP) is 5.87. The zero-order chi connectivity index (χ0) is 17.2. The summed E-state index contributed by atoms with van der Waals surface area (Å²) < 4.78 is 6.04. The van der Waals surface area contributed by atoms with Crippen molar-refractivity contribution in [2.45, 2.75) is 20.3 Å². The van der Waals surface area contributed by atoms with E-state index in [1.807, 2.05) is 37.3 Å². The lowest BCUT2D eigenvalue weighted by Gasteiger charge is -1.99. The molecule has 2 aromatic carbocycles. The van der Waals surface area contributed by atoms with Crippen molar-refractivity contribution in [3.8, 4) is 34.2 Å². The van der Waals surface area contributed by atoms with E-state index in [-0.39, 0.29) is 0 Å². The number of aryl methyl sites for hydroxylation is 2. The predicted molar refractivity (Wildman–Crippen MR) is 101 cm³/mol. The maximum Gasteiger partial charge on any atom is 0.174 e. The number of imidazole rings is 1. The monoisotopic (exact) mass is 328 g/mol. The molecule has 4 rings (SSSR count). The van der Waals surface area contributed by atoms with Gasteiger partial charge in [0.1, 0.15) is 5.76 Å². The van der Waals surface area contributed by atoms with Gasteiger partial charge in [0, 0.05) is 16.8 Å². The second-order valence-electron chi connectivity index (χ2n) is 6.14. The summed E-state index contributed by atoms with van der Waals surface area (Å²) in [6.45, 7) is 4.19. The quantitative estimate of drug-likeness (QED) is 0.508. The largest absolute Gasteiger partial charge is 0.453 e. The van der Waals surface area contributed by atoms with Gasteiger partial charge in [-0.15, -0.1) is 0 Å². The molecule has 0 aliphatic heterocycles. The number of furan rings is 1. The highest BCUT2D eigenvalue weighted by molar-refractivity contribution is 5.67. The molecule has 0 aliphatic rings.